The lowest BCUT2D eigenvalue weighted by Crippen LogP contribution is -2.49. The summed E-state index contributed by atoms with van der Waals surface area (Å²) in [4.78, 5) is 7.03. The van der Waals surface area contributed by atoms with Crippen LogP contribution in [-0.2, 0) is 4.74 Å². The van der Waals surface area contributed by atoms with E-state index < -0.39 is 0 Å². The van der Waals surface area contributed by atoms with E-state index in [-0.39, 0.29) is 34.8 Å². The largest absolute Gasteiger partial charge is 0.496 e. The molecule has 1 atom stereocenters. The Hall–Kier alpha value is -0.710. The number of likely N-dealkylation sites (tertiary alicyclic amines) is 1. The van der Waals surface area contributed by atoms with E-state index in [0.29, 0.717) is 0 Å². The fourth-order valence-corrected chi connectivity index (χ4v) is 5.08. The Morgan fingerprint density at radius 3 is 2.57 bits per heavy atom. The Morgan fingerprint density at radius 2 is 1.93 bits per heavy atom. The van der Waals surface area contributed by atoms with E-state index in [4.69, 9.17) is 9.47 Å². The Kier molecular flexibility index (Phi) is 11.1. The van der Waals surface area contributed by atoms with Crippen LogP contribution in [0.3, 0.4) is 0 Å². The van der Waals surface area contributed by atoms with Crippen molar-refractivity contribution in [1.82, 2.24) is 15.5 Å². The number of hydrogen-bond donors (Lipinski definition) is 2. The highest BCUT2D eigenvalue weighted by Crippen LogP contribution is 2.33. The second-order valence-corrected chi connectivity index (χ2v) is 9.08. The fraction of sp³-hybridized carbons (Fsp3) is 0.682. The molecule has 1 unspecified atom stereocenters. The van der Waals surface area contributed by atoms with E-state index in [0.717, 1.165) is 63.9 Å². The minimum absolute atomic E-state index is 0. The van der Waals surface area contributed by atoms with Gasteiger partial charge in [-0.25, -0.2) is 0 Å². The highest BCUT2D eigenvalue weighted by molar-refractivity contribution is 14.0. The number of benzene rings is 1. The molecule has 0 bridgehead atoms. The number of para-hydroxylation sites is 1. The maximum absolute atomic E-state index is 5.66. The average molecular weight is 549 g/mol. The Labute approximate surface area is 203 Å². The SMILES string of the molecule is CN=C(NCC(c1ccccc1OC)N1CCCC1)NCC1(SC)CCOCC1.I. The number of nitrogens with one attached hydrogen (secondary N) is 2. The van der Waals surface area contributed by atoms with Crippen LogP contribution >= 0.6 is 35.7 Å². The molecule has 1 aromatic carbocycles. The lowest BCUT2D eigenvalue weighted by molar-refractivity contribution is 0.0782. The summed E-state index contributed by atoms with van der Waals surface area (Å²) in [5.74, 6) is 1.82. The fourth-order valence-electron chi connectivity index (χ4n) is 4.29. The van der Waals surface area contributed by atoms with Crippen molar-refractivity contribution in [3.8, 4) is 5.75 Å². The second kappa shape index (κ2) is 13.0. The van der Waals surface area contributed by atoms with E-state index in [9.17, 15) is 0 Å². The van der Waals surface area contributed by atoms with Gasteiger partial charge in [-0.15, -0.1) is 24.0 Å². The normalized spacial score (nSPS) is 20.3. The molecule has 2 saturated heterocycles. The first-order valence-electron chi connectivity index (χ1n) is 10.7. The molecule has 2 aliphatic rings. The maximum atomic E-state index is 5.66. The predicted molar refractivity (Wildman–Crippen MR) is 138 cm³/mol. The standard InChI is InChI=1S/C22H36N4O2S.HI/c1-23-21(25-17-22(29-3)10-14-28-15-11-22)24-16-19(26-12-6-7-13-26)18-8-4-5-9-20(18)27-2;/h4-5,8-9,19H,6-7,10-17H2,1-3H3,(H2,23,24,25);1H. The predicted octanol–water partition coefficient (Wildman–Crippen LogP) is 3.53. The zero-order valence-corrected chi connectivity index (χ0v) is 21.6. The summed E-state index contributed by atoms with van der Waals surface area (Å²) in [7, 11) is 3.60. The van der Waals surface area contributed by atoms with Crippen LogP contribution in [0.5, 0.6) is 5.75 Å². The first-order chi connectivity index (χ1) is 14.2. The van der Waals surface area contributed by atoms with Crippen LogP contribution in [0.4, 0.5) is 0 Å². The molecule has 6 nitrogen and oxygen atoms in total. The number of rotatable bonds is 8. The van der Waals surface area contributed by atoms with Gasteiger partial charge >= 0.3 is 0 Å². The van der Waals surface area contributed by atoms with Crippen molar-refractivity contribution in [3.05, 3.63) is 29.8 Å². The minimum Gasteiger partial charge on any atom is -0.496 e. The maximum Gasteiger partial charge on any atom is 0.191 e. The first kappa shape index (κ1) is 25.5. The third kappa shape index (κ3) is 6.64. The van der Waals surface area contributed by atoms with Crippen LogP contribution in [0.1, 0.15) is 37.3 Å². The van der Waals surface area contributed by atoms with Crippen molar-refractivity contribution < 1.29 is 9.47 Å². The van der Waals surface area contributed by atoms with Crippen molar-refractivity contribution in [2.45, 2.75) is 36.5 Å². The van der Waals surface area contributed by atoms with Gasteiger partial charge in [-0.2, -0.15) is 11.8 Å². The summed E-state index contributed by atoms with van der Waals surface area (Å²) >= 11 is 1.94. The number of aliphatic imine (C=N–C) groups is 1. The lowest BCUT2D eigenvalue weighted by Gasteiger charge is -2.36. The summed E-state index contributed by atoms with van der Waals surface area (Å²) < 4.78 is 11.4. The molecule has 0 radical (unpaired) electrons. The molecule has 0 amide bonds. The summed E-state index contributed by atoms with van der Waals surface area (Å²) in [5.41, 5.74) is 1.24. The Balaban J connectivity index is 0.00000320. The number of nitrogens with zero attached hydrogens (tertiary/aromatic N) is 2. The average Bonchev–Trinajstić information content (AvgIpc) is 3.31. The molecule has 2 N–H and O–H groups in total. The van der Waals surface area contributed by atoms with E-state index in [1.54, 1.807) is 7.11 Å². The highest BCUT2D eigenvalue weighted by atomic mass is 127. The van der Waals surface area contributed by atoms with Gasteiger partial charge in [-0.1, -0.05) is 18.2 Å². The van der Waals surface area contributed by atoms with Crippen LogP contribution in [0.15, 0.2) is 29.3 Å². The lowest BCUT2D eigenvalue weighted by atomic mass is 9.99. The minimum atomic E-state index is 0. The number of methoxy groups -OCH3 is 1. The number of hydrogen-bond acceptors (Lipinski definition) is 5. The Bertz CT molecular complexity index is 664. The van der Waals surface area contributed by atoms with E-state index in [2.05, 4.69) is 45.0 Å². The number of halogens is 1. The molecule has 0 saturated carbocycles. The molecule has 2 heterocycles. The van der Waals surface area contributed by atoms with Gasteiger partial charge in [0.2, 0.25) is 0 Å². The molecule has 2 fully saturated rings. The van der Waals surface area contributed by atoms with Crippen LogP contribution in [0.2, 0.25) is 0 Å². The van der Waals surface area contributed by atoms with Gasteiger partial charge in [0.1, 0.15) is 5.75 Å². The number of thioether (sulfide) groups is 1. The van der Waals surface area contributed by atoms with E-state index in [1.807, 2.05) is 24.9 Å². The van der Waals surface area contributed by atoms with Gasteiger partial charge in [-0.3, -0.25) is 9.89 Å². The summed E-state index contributed by atoms with van der Waals surface area (Å²) in [6.45, 7) is 5.66. The zero-order valence-electron chi connectivity index (χ0n) is 18.5. The van der Waals surface area contributed by atoms with Crippen LogP contribution in [0, 0.1) is 0 Å². The first-order valence-corrected chi connectivity index (χ1v) is 11.9. The van der Waals surface area contributed by atoms with E-state index in [1.165, 1.54) is 18.4 Å². The Morgan fingerprint density at radius 1 is 1.23 bits per heavy atom. The van der Waals surface area contributed by atoms with Gasteiger partial charge < -0.3 is 20.1 Å². The summed E-state index contributed by atoms with van der Waals surface area (Å²) in [5, 5.41) is 7.15. The molecular weight excluding hydrogens is 511 g/mol. The molecule has 0 aliphatic carbocycles. The van der Waals surface area contributed by atoms with Crippen molar-refractivity contribution in [3.63, 3.8) is 0 Å². The number of guanidine groups is 1. The molecule has 8 heteroatoms. The van der Waals surface area contributed by atoms with Gasteiger partial charge in [0.15, 0.2) is 5.96 Å². The molecular formula is C22H37IN4O2S. The van der Waals surface area contributed by atoms with Crippen LogP contribution < -0.4 is 15.4 Å². The highest BCUT2D eigenvalue weighted by Gasteiger charge is 2.32. The smallest absolute Gasteiger partial charge is 0.191 e. The van der Waals surface area contributed by atoms with Crippen molar-refractivity contribution in [2.75, 3.05) is 59.8 Å². The summed E-state index contributed by atoms with van der Waals surface area (Å²) in [6.07, 6.45) is 6.88. The monoisotopic (exact) mass is 548 g/mol. The van der Waals surface area contributed by atoms with Crippen LogP contribution in [-0.4, -0.2) is 75.4 Å². The van der Waals surface area contributed by atoms with E-state index >= 15 is 0 Å². The third-order valence-corrected chi connectivity index (χ3v) is 7.60. The molecule has 170 valence electrons. The van der Waals surface area contributed by atoms with Crippen LogP contribution in [0.25, 0.3) is 0 Å². The van der Waals surface area contributed by atoms with Gasteiger partial charge in [-0.05, 0) is 51.1 Å². The van der Waals surface area contributed by atoms with Crippen molar-refractivity contribution >= 4 is 41.7 Å². The molecule has 30 heavy (non-hydrogen) atoms. The molecule has 0 aromatic heterocycles. The third-order valence-electron chi connectivity index (χ3n) is 6.18. The molecule has 1 aromatic rings. The van der Waals surface area contributed by atoms with Crippen molar-refractivity contribution in [1.29, 1.82) is 0 Å². The zero-order chi connectivity index (χ0) is 20.5. The molecule has 0 spiro atoms. The van der Waals surface area contributed by atoms with Gasteiger partial charge in [0.05, 0.1) is 13.2 Å². The van der Waals surface area contributed by atoms with Crippen molar-refractivity contribution in [2.24, 2.45) is 4.99 Å². The summed E-state index contributed by atoms with van der Waals surface area (Å²) in [6, 6.07) is 8.64. The second-order valence-electron chi connectivity index (χ2n) is 7.81. The quantitative estimate of drug-likeness (QED) is 0.295. The number of ether oxygens (including phenoxy) is 2. The van der Waals surface area contributed by atoms with Gasteiger partial charge in [0.25, 0.3) is 0 Å². The van der Waals surface area contributed by atoms with Gasteiger partial charge in [0, 0.05) is 43.7 Å². The molecule has 2 aliphatic heterocycles. The molecule has 3 rings (SSSR count). The topological polar surface area (TPSA) is 58.1 Å².